The third-order valence-electron chi connectivity index (χ3n) is 4.22. The van der Waals surface area contributed by atoms with Crippen LogP contribution in [0.1, 0.15) is 30.0 Å². The van der Waals surface area contributed by atoms with Crippen LogP contribution in [0, 0.1) is 0 Å². The second-order valence-corrected chi connectivity index (χ2v) is 5.79. The molecular weight excluding hydrogens is 274 g/mol. The van der Waals surface area contributed by atoms with Crippen LogP contribution in [0.3, 0.4) is 0 Å². The zero-order valence-electron chi connectivity index (χ0n) is 12.6. The third kappa shape index (κ3) is 3.17. The summed E-state index contributed by atoms with van der Waals surface area (Å²) in [4.78, 5) is 18.8. The summed E-state index contributed by atoms with van der Waals surface area (Å²) in [5.74, 6) is 0.122. The van der Waals surface area contributed by atoms with E-state index in [1.807, 2.05) is 35.2 Å². The van der Waals surface area contributed by atoms with Crippen molar-refractivity contribution in [3.63, 3.8) is 0 Å². The SMILES string of the molecule is NC1CCCN(C(=O)Cc2cccnc2)C1c1ccccc1. The molecule has 4 nitrogen and oxygen atoms in total. The van der Waals surface area contributed by atoms with Gasteiger partial charge in [-0.3, -0.25) is 9.78 Å². The van der Waals surface area contributed by atoms with Gasteiger partial charge in [-0.25, -0.2) is 0 Å². The summed E-state index contributed by atoms with van der Waals surface area (Å²) in [7, 11) is 0. The number of hydrogen-bond donors (Lipinski definition) is 1. The number of nitrogens with zero attached hydrogens (tertiary/aromatic N) is 2. The minimum atomic E-state index is -0.0286. The molecule has 1 fully saturated rings. The number of amides is 1. The van der Waals surface area contributed by atoms with Gasteiger partial charge in [0.05, 0.1) is 12.5 Å². The summed E-state index contributed by atoms with van der Waals surface area (Å²) < 4.78 is 0. The minimum absolute atomic E-state index is 0.00556. The normalized spacial score (nSPS) is 21.6. The van der Waals surface area contributed by atoms with Crippen molar-refractivity contribution in [3.8, 4) is 0 Å². The van der Waals surface area contributed by atoms with Crippen LogP contribution < -0.4 is 5.73 Å². The molecule has 2 atom stereocenters. The van der Waals surface area contributed by atoms with E-state index in [2.05, 4.69) is 17.1 Å². The van der Waals surface area contributed by atoms with Gasteiger partial charge < -0.3 is 10.6 Å². The highest BCUT2D eigenvalue weighted by Gasteiger charge is 2.33. The lowest BCUT2D eigenvalue weighted by atomic mass is 9.90. The van der Waals surface area contributed by atoms with Gasteiger partial charge in [0.15, 0.2) is 0 Å². The van der Waals surface area contributed by atoms with Crippen LogP contribution in [0.5, 0.6) is 0 Å². The minimum Gasteiger partial charge on any atom is -0.334 e. The molecule has 2 N–H and O–H groups in total. The second kappa shape index (κ2) is 6.71. The van der Waals surface area contributed by atoms with Crippen LogP contribution in [0.2, 0.25) is 0 Å². The van der Waals surface area contributed by atoms with Gasteiger partial charge in [-0.1, -0.05) is 36.4 Å². The van der Waals surface area contributed by atoms with Crippen LogP contribution in [0.15, 0.2) is 54.9 Å². The summed E-state index contributed by atoms with van der Waals surface area (Å²) in [5.41, 5.74) is 8.39. The number of likely N-dealkylation sites (tertiary alicyclic amines) is 1. The van der Waals surface area contributed by atoms with E-state index in [1.54, 1.807) is 12.4 Å². The van der Waals surface area contributed by atoms with Crippen molar-refractivity contribution in [1.82, 2.24) is 9.88 Å². The molecule has 1 aliphatic heterocycles. The second-order valence-electron chi connectivity index (χ2n) is 5.79. The maximum absolute atomic E-state index is 12.7. The summed E-state index contributed by atoms with van der Waals surface area (Å²) >= 11 is 0. The number of hydrogen-bond acceptors (Lipinski definition) is 3. The van der Waals surface area contributed by atoms with Gasteiger partial charge in [-0.15, -0.1) is 0 Å². The van der Waals surface area contributed by atoms with Gasteiger partial charge >= 0.3 is 0 Å². The maximum atomic E-state index is 12.7. The molecule has 3 rings (SSSR count). The van der Waals surface area contributed by atoms with Crippen LogP contribution in [0.4, 0.5) is 0 Å². The molecule has 1 amide bonds. The molecule has 0 saturated carbocycles. The van der Waals surface area contributed by atoms with E-state index >= 15 is 0 Å². The van der Waals surface area contributed by atoms with Gasteiger partial charge in [0.25, 0.3) is 0 Å². The number of aromatic nitrogens is 1. The monoisotopic (exact) mass is 295 g/mol. The molecule has 2 unspecified atom stereocenters. The van der Waals surface area contributed by atoms with E-state index in [0.29, 0.717) is 6.42 Å². The molecule has 22 heavy (non-hydrogen) atoms. The highest BCUT2D eigenvalue weighted by Crippen LogP contribution is 2.30. The highest BCUT2D eigenvalue weighted by molar-refractivity contribution is 5.79. The molecule has 0 bridgehead atoms. The summed E-state index contributed by atoms with van der Waals surface area (Å²) in [6, 6.07) is 13.9. The molecule has 1 aromatic heterocycles. The topological polar surface area (TPSA) is 59.2 Å². The first kappa shape index (κ1) is 14.7. The fourth-order valence-corrected chi connectivity index (χ4v) is 3.16. The summed E-state index contributed by atoms with van der Waals surface area (Å²) in [6.45, 7) is 0.770. The van der Waals surface area contributed by atoms with Gasteiger partial charge in [0, 0.05) is 25.0 Å². The molecule has 1 aromatic carbocycles. The zero-order valence-corrected chi connectivity index (χ0v) is 12.6. The molecule has 1 aliphatic rings. The number of rotatable bonds is 3. The number of carbonyl (C=O) groups excluding carboxylic acids is 1. The van der Waals surface area contributed by atoms with Gasteiger partial charge in [-0.2, -0.15) is 0 Å². The standard InChI is InChI=1S/C18H21N3O/c19-16-9-5-11-21(18(16)15-7-2-1-3-8-15)17(22)12-14-6-4-10-20-13-14/h1-4,6-8,10,13,16,18H,5,9,11-12,19H2. The largest absolute Gasteiger partial charge is 0.334 e. The average molecular weight is 295 g/mol. The fourth-order valence-electron chi connectivity index (χ4n) is 3.16. The fraction of sp³-hybridized carbons (Fsp3) is 0.333. The first-order chi connectivity index (χ1) is 10.8. The maximum Gasteiger partial charge on any atom is 0.227 e. The molecule has 4 heteroatoms. The number of carbonyl (C=O) groups is 1. The first-order valence-corrected chi connectivity index (χ1v) is 7.74. The smallest absolute Gasteiger partial charge is 0.227 e. The van der Waals surface area contributed by atoms with Crippen molar-refractivity contribution in [2.24, 2.45) is 5.73 Å². The van der Waals surface area contributed by atoms with Crippen molar-refractivity contribution in [3.05, 3.63) is 66.0 Å². The van der Waals surface area contributed by atoms with Crippen molar-refractivity contribution in [1.29, 1.82) is 0 Å². The Kier molecular flexibility index (Phi) is 4.49. The van der Waals surface area contributed by atoms with Gasteiger partial charge in [0.2, 0.25) is 5.91 Å². The lowest BCUT2D eigenvalue weighted by molar-refractivity contribution is -0.134. The molecule has 2 aromatic rings. The first-order valence-electron chi connectivity index (χ1n) is 7.74. The predicted octanol–water partition coefficient (Wildman–Crippen LogP) is 2.32. The number of pyridine rings is 1. The highest BCUT2D eigenvalue weighted by atomic mass is 16.2. The van der Waals surface area contributed by atoms with E-state index in [4.69, 9.17) is 5.73 Å². The zero-order chi connectivity index (χ0) is 15.4. The van der Waals surface area contributed by atoms with Crippen LogP contribution in [-0.2, 0) is 11.2 Å². The van der Waals surface area contributed by atoms with Crippen molar-refractivity contribution in [2.75, 3.05) is 6.54 Å². The Labute approximate surface area is 131 Å². The molecule has 114 valence electrons. The molecule has 1 saturated heterocycles. The molecule has 0 aliphatic carbocycles. The Morgan fingerprint density at radius 3 is 2.77 bits per heavy atom. The lowest BCUT2D eigenvalue weighted by Crippen LogP contribution is -2.49. The quantitative estimate of drug-likeness (QED) is 0.945. The third-order valence-corrected chi connectivity index (χ3v) is 4.22. The van der Waals surface area contributed by atoms with Crippen molar-refractivity contribution in [2.45, 2.75) is 31.3 Å². The Bertz CT molecular complexity index is 615. The average Bonchev–Trinajstić information content (AvgIpc) is 2.56. The van der Waals surface area contributed by atoms with E-state index in [9.17, 15) is 4.79 Å². The summed E-state index contributed by atoms with van der Waals surface area (Å²) in [5, 5.41) is 0. The molecule has 2 heterocycles. The van der Waals surface area contributed by atoms with Gasteiger partial charge in [-0.05, 0) is 30.0 Å². The predicted molar refractivity (Wildman–Crippen MR) is 86.0 cm³/mol. The van der Waals surface area contributed by atoms with E-state index in [0.717, 1.165) is 30.5 Å². The van der Waals surface area contributed by atoms with Gasteiger partial charge in [0.1, 0.15) is 0 Å². The Balaban J connectivity index is 1.81. The molecule has 0 spiro atoms. The van der Waals surface area contributed by atoms with Crippen LogP contribution in [0.25, 0.3) is 0 Å². The van der Waals surface area contributed by atoms with Crippen LogP contribution in [-0.4, -0.2) is 28.4 Å². The Morgan fingerprint density at radius 2 is 2.05 bits per heavy atom. The van der Waals surface area contributed by atoms with Crippen LogP contribution >= 0.6 is 0 Å². The number of benzene rings is 1. The van der Waals surface area contributed by atoms with Crippen molar-refractivity contribution >= 4 is 5.91 Å². The van der Waals surface area contributed by atoms with E-state index < -0.39 is 0 Å². The summed E-state index contributed by atoms with van der Waals surface area (Å²) in [6.07, 6.45) is 5.76. The number of nitrogens with two attached hydrogens (primary N) is 1. The lowest BCUT2D eigenvalue weighted by Gasteiger charge is -2.40. The Hall–Kier alpha value is -2.20. The number of piperidine rings is 1. The Morgan fingerprint density at radius 1 is 1.23 bits per heavy atom. The molecular formula is C18H21N3O. The van der Waals surface area contributed by atoms with E-state index in [1.165, 1.54) is 0 Å². The van der Waals surface area contributed by atoms with Crippen molar-refractivity contribution < 1.29 is 4.79 Å². The van der Waals surface area contributed by atoms with E-state index in [-0.39, 0.29) is 18.0 Å². The molecule has 0 radical (unpaired) electrons.